The molecule has 1 heterocycles. The molecule has 0 aromatic carbocycles. The van der Waals surface area contributed by atoms with Crippen molar-refractivity contribution in [2.24, 2.45) is 0 Å². The van der Waals surface area contributed by atoms with Gasteiger partial charge in [0.15, 0.2) is 0 Å². The molecule has 1 amide bonds. The monoisotopic (exact) mass is 224 g/mol. The van der Waals surface area contributed by atoms with Gasteiger partial charge in [-0.2, -0.15) is 0 Å². The molecule has 1 aromatic rings. The lowest BCUT2D eigenvalue weighted by Gasteiger charge is -2.19. The van der Waals surface area contributed by atoms with Crippen LogP contribution in [0.15, 0.2) is 12.4 Å². The molecule has 0 unspecified atom stereocenters. The lowest BCUT2D eigenvalue weighted by molar-refractivity contribution is 0.0523. The van der Waals surface area contributed by atoms with Gasteiger partial charge in [-0.1, -0.05) is 0 Å². The molecule has 0 aliphatic carbocycles. The Bertz CT molecular complexity index is 356. The Morgan fingerprint density at radius 1 is 1.44 bits per heavy atom. The molecule has 0 saturated carbocycles. The van der Waals surface area contributed by atoms with Crippen molar-refractivity contribution < 1.29 is 9.53 Å². The smallest absolute Gasteiger partial charge is 0.407 e. The van der Waals surface area contributed by atoms with E-state index in [-0.39, 0.29) is 5.95 Å². The summed E-state index contributed by atoms with van der Waals surface area (Å²) >= 11 is 0. The Morgan fingerprint density at radius 3 is 2.50 bits per heavy atom. The van der Waals surface area contributed by atoms with Crippen molar-refractivity contribution >= 4 is 12.0 Å². The van der Waals surface area contributed by atoms with E-state index in [4.69, 9.17) is 10.5 Å². The minimum Gasteiger partial charge on any atom is -0.444 e. The van der Waals surface area contributed by atoms with Crippen LogP contribution in [0.3, 0.4) is 0 Å². The first-order chi connectivity index (χ1) is 7.37. The molecule has 0 aliphatic heterocycles. The van der Waals surface area contributed by atoms with Crippen LogP contribution in [0.5, 0.6) is 0 Å². The largest absolute Gasteiger partial charge is 0.444 e. The van der Waals surface area contributed by atoms with Crippen molar-refractivity contribution in [1.82, 2.24) is 15.3 Å². The van der Waals surface area contributed by atoms with E-state index in [9.17, 15) is 4.79 Å². The zero-order chi connectivity index (χ0) is 12.2. The minimum atomic E-state index is -0.498. The predicted molar refractivity (Wildman–Crippen MR) is 59.5 cm³/mol. The molecule has 1 aromatic heterocycles. The second kappa shape index (κ2) is 4.78. The van der Waals surface area contributed by atoms with Crippen molar-refractivity contribution in [2.75, 3.05) is 5.73 Å². The number of carbonyl (C=O) groups excluding carboxylic acids is 1. The van der Waals surface area contributed by atoms with Crippen LogP contribution in [-0.4, -0.2) is 21.7 Å². The molecule has 0 aliphatic rings. The second-order valence-corrected chi connectivity index (χ2v) is 4.30. The lowest BCUT2D eigenvalue weighted by Crippen LogP contribution is -2.32. The topological polar surface area (TPSA) is 90.1 Å². The molecule has 6 heteroatoms. The summed E-state index contributed by atoms with van der Waals surface area (Å²) in [7, 11) is 0. The molecule has 0 fully saturated rings. The number of nitrogens with zero attached hydrogens (tertiary/aromatic N) is 2. The van der Waals surface area contributed by atoms with Crippen LogP contribution >= 0.6 is 0 Å². The summed E-state index contributed by atoms with van der Waals surface area (Å²) in [5.74, 6) is 0.209. The van der Waals surface area contributed by atoms with Crippen molar-refractivity contribution in [3.63, 3.8) is 0 Å². The number of nitrogens with two attached hydrogens (primary N) is 1. The van der Waals surface area contributed by atoms with Gasteiger partial charge in [0.1, 0.15) is 5.60 Å². The second-order valence-electron chi connectivity index (χ2n) is 4.30. The summed E-state index contributed by atoms with van der Waals surface area (Å²) in [6, 6.07) is 0. The number of anilines is 1. The molecule has 6 nitrogen and oxygen atoms in total. The van der Waals surface area contributed by atoms with E-state index in [1.807, 2.05) is 0 Å². The number of amides is 1. The van der Waals surface area contributed by atoms with Crippen molar-refractivity contribution in [3.8, 4) is 0 Å². The number of hydrogen-bond acceptors (Lipinski definition) is 5. The maximum atomic E-state index is 11.3. The summed E-state index contributed by atoms with van der Waals surface area (Å²) in [4.78, 5) is 18.9. The van der Waals surface area contributed by atoms with Gasteiger partial charge in [0, 0.05) is 24.5 Å². The number of nitrogens with one attached hydrogen (secondary N) is 1. The average Bonchev–Trinajstić information content (AvgIpc) is 2.14. The Morgan fingerprint density at radius 2 is 2.00 bits per heavy atom. The summed E-state index contributed by atoms with van der Waals surface area (Å²) < 4.78 is 5.07. The Labute approximate surface area is 94.2 Å². The van der Waals surface area contributed by atoms with E-state index < -0.39 is 11.7 Å². The fourth-order valence-corrected chi connectivity index (χ4v) is 0.944. The molecule has 16 heavy (non-hydrogen) atoms. The molecule has 1 rings (SSSR count). The highest BCUT2D eigenvalue weighted by molar-refractivity contribution is 5.67. The summed E-state index contributed by atoms with van der Waals surface area (Å²) in [6.45, 7) is 5.73. The number of ether oxygens (including phenoxy) is 1. The maximum Gasteiger partial charge on any atom is 0.407 e. The quantitative estimate of drug-likeness (QED) is 0.784. The van der Waals surface area contributed by atoms with E-state index in [2.05, 4.69) is 15.3 Å². The highest BCUT2D eigenvalue weighted by Crippen LogP contribution is 2.06. The van der Waals surface area contributed by atoms with Gasteiger partial charge in [0.25, 0.3) is 0 Å². The van der Waals surface area contributed by atoms with E-state index in [1.54, 1.807) is 33.2 Å². The number of carbonyl (C=O) groups is 1. The predicted octanol–water partition coefficient (Wildman–Crippen LogP) is 1.08. The molecule has 0 spiro atoms. The first kappa shape index (κ1) is 12.2. The van der Waals surface area contributed by atoms with Gasteiger partial charge in [-0.3, -0.25) is 0 Å². The normalized spacial score (nSPS) is 10.9. The molecular weight excluding hydrogens is 208 g/mol. The number of alkyl carbamates (subject to hydrolysis) is 1. The third-order valence-corrected chi connectivity index (χ3v) is 1.56. The fourth-order valence-electron chi connectivity index (χ4n) is 0.944. The summed E-state index contributed by atoms with van der Waals surface area (Å²) in [5, 5.41) is 2.59. The van der Waals surface area contributed by atoms with Gasteiger partial charge in [-0.05, 0) is 20.8 Å². The van der Waals surface area contributed by atoms with Gasteiger partial charge >= 0.3 is 6.09 Å². The molecule has 0 bridgehead atoms. The van der Waals surface area contributed by atoms with Gasteiger partial charge in [-0.15, -0.1) is 0 Å². The van der Waals surface area contributed by atoms with Crippen molar-refractivity contribution in [3.05, 3.63) is 18.0 Å². The minimum absolute atomic E-state index is 0.209. The van der Waals surface area contributed by atoms with E-state index >= 15 is 0 Å². The van der Waals surface area contributed by atoms with Crippen LogP contribution in [0, 0.1) is 0 Å². The number of aromatic nitrogens is 2. The summed E-state index contributed by atoms with van der Waals surface area (Å²) in [6.07, 6.45) is 2.64. The standard InChI is InChI=1S/C10H16N4O2/c1-10(2,3)16-9(15)14-6-7-4-12-8(11)13-5-7/h4-5H,6H2,1-3H3,(H,14,15)(H2,11,12,13). The van der Waals surface area contributed by atoms with Crippen molar-refractivity contribution in [1.29, 1.82) is 0 Å². The van der Waals surface area contributed by atoms with E-state index in [0.717, 1.165) is 5.56 Å². The van der Waals surface area contributed by atoms with Crippen LogP contribution in [-0.2, 0) is 11.3 Å². The lowest BCUT2D eigenvalue weighted by atomic mass is 10.2. The van der Waals surface area contributed by atoms with Gasteiger partial charge in [0.05, 0.1) is 0 Å². The maximum absolute atomic E-state index is 11.3. The molecular formula is C10H16N4O2. The molecule has 0 radical (unpaired) electrons. The zero-order valence-electron chi connectivity index (χ0n) is 9.65. The van der Waals surface area contributed by atoms with Gasteiger partial charge in [-0.25, -0.2) is 14.8 Å². The molecule has 0 saturated heterocycles. The first-order valence-electron chi connectivity index (χ1n) is 4.90. The third-order valence-electron chi connectivity index (χ3n) is 1.56. The Balaban J connectivity index is 2.40. The Hall–Kier alpha value is -1.85. The average molecular weight is 224 g/mol. The molecule has 0 atom stereocenters. The third kappa shape index (κ3) is 4.59. The Kier molecular flexibility index (Phi) is 3.65. The SMILES string of the molecule is CC(C)(C)OC(=O)NCc1cnc(N)nc1. The van der Waals surface area contributed by atoms with Crippen LogP contribution in [0.25, 0.3) is 0 Å². The molecule has 88 valence electrons. The molecule has 3 N–H and O–H groups in total. The van der Waals surface area contributed by atoms with Crippen LogP contribution in [0.2, 0.25) is 0 Å². The van der Waals surface area contributed by atoms with Crippen LogP contribution < -0.4 is 11.1 Å². The number of rotatable bonds is 2. The van der Waals surface area contributed by atoms with Crippen LogP contribution in [0.1, 0.15) is 26.3 Å². The highest BCUT2D eigenvalue weighted by atomic mass is 16.6. The van der Waals surface area contributed by atoms with E-state index in [1.165, 1.54) is 0 Å². The van der Waals surface area contributed by atoms with Crippen molar-refractivity contribution in [2.45, 2.75) is 32.9 Å². The van der Waals surface area contributed by atoms with Crippen LogP contribution in [0.4, 0.5) is 10.7 Å². The number of hydrogen-bond donors (Lipinski definition) is 2. The van der Waals surface area contributed by atoms with Gasteiger partial charge < -0.3 is 15.8 Å². The first-order valence-corrected chi connectivity index (χ1v) is 4.90. The zero-order valence-corrected chi connectivity index (χ0v) is 9.65. The van der Waals surface area contributed by atoms with Gasteiger partial charge in [0.2, 0.25) is 5.95 Å². The summed E-state index contributed by atoms with van der Waals surface area (Å²) in [5.41, 5.74) is 5.60. The number of nitrogen functional groups attached to an aromatic ring is 1. The highest BCUT2D eigenvalue weighted by Gasteiger charge is 2.15. The fraction of sp³-hybridized carbons (Fsp3) is 0.500. The van der Waals surface area contributed by atoms with E-state index in [0.29, 0.717) is 6.54 Å².